The summed E-state index contributed by atoms with van der Waals surface area (Å²) in [6.07, 6.45) is 1.53. The highest BCUT2D eigenvalue weighted by molar-refractivity contribution is 5.92. The van der Waals surface area contributed by atoms with E-state index in [1.54, 1.807) is 39.5 Å². The number of aromatic nitrogens is 3. The predicted molar refractivity (Wildman–Crippen MR) is 117 cm³/mol. The quantitative estimate of drug-likeness (QED) is 0.417. The molecule has 0 radical (unpaired) electrons. The first-order valence-corrected chi connectivity index (χ1v) is 9.44. The van der Waals surface area contributed by atoms with Crippen molar-refractivity contribution in [2.75, 3.05) is 26.6 Å². The maximum atomic E-state index is 11.8. The summed E-state index contributed by atoms with van der Waals surface area (Å²) in [5.74, 6) is 2.71. The number of ether oxygens (including phenoxy) is 3. The molecular formula is C22H21N5O4. The highest BCUT2D eigenvalue weighted by Crippen LogP contribution is 2.29. The smallest absolute Gasteiger partial charge is 0.269 e. The summed E-state index contributed by atoms with van der Waals surface area (Å²) in [6, 6.07) is 14.2. The van der Waals surface area contributed by atoms with Gasteiger partial charge in [-0.1, -0.05) is 0 Å². The number of anilines is 2. The van der Waals surface area contributed by atoms with Crippen LogP contribution in [0.25, 0.3) is 11.0 Å². The van der Waals surface area contributed by atoms with Crippen molar-refractivity contribution < 1.29 is 19.0 Å². The lowest BCUT2D eigenvalue weighted by molar-refractivity contribution is 0.0958. The van der Waals surface area contributed by atoms with Gasteiger partial charge in [0.2, 0.25) is 5.95 Å². The van der Waals surface area contributed by atoms with E-state index in [0.717, 1.165) is 16.7 Å². The molecule has 4 aromatic rings. The lowest BCUT2D eigenvalue weighted by Gasteiger charge is -2.08. The zero-order chi connectivity index (χ0) is 21.8. The van der Waals surface area contributed by atoms with Crippen molar-refractivity contribution in [3.05, 3.63) is 60.4 Å². The normalized spacial score (nSPS) is 10.5. The summed E-state index contributed by atoms with van der Waals surface area (Å²) >= 11 is 0. The Kier molecular flexibility index (Phi) is 5.57. The third kappa shape index (κ3) is 4.50. The highest BCUT2D eigenvalue weighted by atomic mass is 16.5. The summed E-state index contributed by atoms with van der Waals surface area (Å²) in [4.78, 5) is 23.6. The number of imidazole rings is 1. The maximum Gasteiger partial charge on any atom is 0.269 e. The fourth-order valence-electron chi connectivity index (χ4n) is 2.99. The van der Waals surface area contributed by atoms with Gasteiger partial charge in [0, 0.05) is 49.3 Å². The van der Waals surface area contributed by atoms with Gasteiger partial charge in [0.15, 0.2) is 0 Å². The predicted octanol–water partition coefficient (Wildman–Crippen LogP) is 3.87. The third-order valence-corrected chi connectivity index (χ3v) is 4.50. The Morgan fingerprint density at radius 3 is 2.39 bits per heavy atom. The average Bonchev–Trinajstić information content (AvgIpc) is 3.19. The molecule has 0 aliphatic carbocycles. The van der Waals surface area contributed by atoms with Gasteiger partial charge in [0.25, 0.3) is 5.91 Å². The van der Waals surface area contributed by atoms with E-state index in [-0.39, 0.29) is 11.6 Å². The fourth-order valence-corrected chi connectivity index (χ4v) is 2.99. The molecule has 0 aliphatic heterocycles. The van der Waals surface area contributed by atoms with Gasteiger partial charge >= 0.3 is 0 Å². The van der Waals surface area contributed by atoms with E-state index >= 15 is 0 Å². The molecule has 31 heavy (non-hydrogen) atoms. The van der Waals surface area contributed by atoms with Crippen LogP contribution < -0.4 is 24.8 Å². The van der Waals surface area contributed by atoms with Crippen molar-refractivity contribution in [1.82, 2.24) is 20.3 Å². The van der Waals surface area contributed by atoms with E-state index in [4.69, 9.17) is 14.2 Å². The fraction of sp³-hybridized carbons (Fsp3) is 0.136. The molecule has 9 heteroatoms. The highest BCUT2D eigenvalue weighted by Gasteiger charge is 2.10. The summed E-state index contributed by atoms with van der Waals surface area (Å²) in [5, 5.41) is 5.76. The van der Waals surface area contributed by atoms with Crippen LogP contribution in [0, 0.1) is 0 Å². The number of H-pyrrole nitrogens is 1. The summed E-state index contributed by atoms with van der Waals surface area (Å²) in [7, 11) is 4.75. The van der Waals surface area contributed by atoms with Gasteiger partial charge < -0.3 is 29.8 Å². The zero-order valence-corrected chi connectivity index (χ0v) is 17.2. The second-order valence-corrected chi connectivity index (χ2v) is 6.55. The van der Waals surface area contributed by atoms with Gasteiger partial charge in [-0.3, -0.25) is 9.78 Å². The largest absolute Gasteiger partial charge is 0.497 e. The molecule has 158 valence electrons. The molecule has 0 bridgehead atoms. The number of rotatable bonds is 7. The number of hydrogen-bond donors (Lipinski definition) is 3. The van der Waals surface area contributed by atoms with Crippen molar-refractivity contribution in [1.29, 1.82) is 0 Å². The van der Waals surface area contributed by atoms with Gasteiger partial charge in [0.05, 0.1) is 25.3 Å². The van der Waals surface area contributed by atoms with E-state index < -0.39 is 0 Å². The number of hydrogen-bond acceptors (Lipinski definition) is 7. The number of amides is 1. The van der Waals surface area contributed by atoms with Crippen molar-refractivity contribution in [3.8, 4) is 23.0 Å². The molecule has 0 fully saturated rings. The average molecular weight is 419 g/mol. The minimum absolute atomic E-state index is 0.279. The number of carbonyl (C=O) groups is 1. The topological polar surface area (TPSA) is 110 Å². The number of benzene rings is 2. The molecule has 0 atom stereocenters. The lowest BCUT2D eigenvalue weighted by atomic mass is 10.3. The van der Waals surface area contributed by atoms with Crippen molar-refractivity contribution in [2.24, 2.45) is 0 Å². The van der Waals surface area contributed by atoms with E-state index in [9.17, 15) is 4.79 Å². The number of nitrogens with one attached hydrogen (secondary N) is 3. The number of nitrogens with zero attached hydrogens (tertiary/aromatic N) is 2. The van der Waals surface area contributed by atoms with Crippen LogP contribution in [0.15, 0.2) is 54.7 Å². The van der Waals surface area contributed by atoms with Crippen LogP contribution in [-0.4, -0.2) is 42.1 Å². The molecule has 0 saturated carbocycles. The minimum Gasteiger partial charge on any atom is -0.497 e. The van der Waals surface area contributed by atoms with Crippen LogP contribution >= 0.6 is 0 Å². The number of carbonyl (C=O) groups excluding carboxylic acids is 1. The number of fused-ring (bicyclic) bond motifs is 1. The van der Waals surface area contributed by atoms with E-state index in [0.29, 0.717) is 28.9 Å². The molecule has 9 nitrogen and oxygen atoms in total. The molecule has 0 unspecified atom stereocenters. The first kappa shape index (κ1) is 20.0. The van der Waals surface area contributed by atoms with Crippen molar-refractivity contribution in [3.63, 3.8) is 0 Å². The molecule has 2 aromatic carbocycles. The molecule has 1 amide bonds. The van der Waals surface area contributed by atoms with E-state index in [1.807, 2.05) is 30.3 Å². The van der Waals surface area contributed by atoms with E-state index in [2.05, 4.69) is 25.6 Å². The maximum absolute atomic E-state index is 11.8. The summed E-state index contributed by atoms with van der Waals surface area (Å²) in [5.41, 5.74) is 2.60. The Balaban J connectivity index is 1.56. The second kappa shape index (κ2) is 8.62. The molecule has 3 N–H and O–H groups in total. The van der Waals surface area contributed by atoms with Gasteiger partial charge in [-0.15, -0.1) is 0 Å². The Morgan fingerprint density at radius 1 is 0.935 bits per heavy atom. The van der Waals surface area contributed by atoms with Crippen LogP contribution in [0.5, 0.6) is 23.0 Å². The monoisotopic (exact) mass is 419 g/mol. The minimum atomic E-state index is -0.280. The number of pyridine rings is 1. The number of aromatic amines is 1. The first-order valence-electron chi connectivity index (χ1n) is 9.44. The molecule has 2 heterocycles. The Bertz CT molecular complexity index is 1220. The zero-order valence-electron chi connectivity index (χ0n) is 17.2. The summed E-state index contributed by atoms with van der Waals surface area (Å²) in [6.45, 7) is 0. The Morgan fingerprint density at radius 2 is 1.68 bits per heavy atom. The number of methoxy groups -OCH3 is 2. The third-order valence-electron chi connectivity index (χ3n) is 4.50. The van der Waals surface area contributed by atoms with Crippen LogP contribution in [0.4, 0.5) is 11.6 Å². The first-order chi connectivity index (χ1) is 15.1. The van der Waals surface area contributed by atoms with Crippen LogP contribution in [0.1, 0.15) is 10.5 Å². The van der Waals surface area contributed by atoms with Crippen LogP contribution in [0.3, 0.4) is 0 Å². The molecule has 0 saturated heterocycles. The van der Waals surface area contributed by atoms with Crippen molar-refractivity contribution >= 4 is 28.6 Å². The second-order valence-electron chi connectivity index (χ2n) is 6.55. The van der Waals surface area contributed by atoms with E-state index in [1.165, 1.54) is 6.20 Å². The SMILES string of the molecule is CNC(=O)c1cc(Oc2ccc3[nH]c(Nc4cc(OC)cc(OC)c4)nc3c2)ccn1. The molecule has 2 aromatic heterocycles. The molecule has 0 spiro atoms. The summed E-state index contributed by atoms with van der Waals surface area (Å²) < 4.78 is 16.5. The Labute approximate surface area is 178 Å². The van der Waals surface area contributed by atoms with Gasteiger partial charge in [0.1, 0.15) is 28.7 Å². The molecule has 4 rings (SSSR count). The molecule has 0 aliphatic rings. The molecular weight excluding hydrogens is 398 g/mol. The Hall–Kier alpha value is -4.27. The standard InChI is InChI=1S/C22H21N5O4/c1-23-21(28)20-12-15(6-7-24-20)31-14-4-5-18-19(11-14)27-22(26-18)25-13-8-16(29-2)10-17(9-13)30-3/h4-12H,1-3H3,(H,23,28)(H2,25,26,27). The van der Waals surface area contributed by atoms with Crippen molar-refractivity contribution in [2.45, 2.75) is 0 Å². The lowest BCUT2D eigenvalue weighted by Crippen LogP contribution is -2.18. The van der Waals surface area contributed by atoms with Gasteiger partial charge in [-0.2, -0.15) is 0 Å². The van der Waals surface area contributed by atoms with Crippen LogP contribution in [-0.2, 0) is 0 Å². The van der Waals surface area contributed by atoms with Crippen LogP contribution in [0.2, 0.25) is 0 Å². The van der Waals surface area contributed by atoms with Gasteiger partial charge in [-0.05, 0) is 18.2 Å². The van der Waals surface area contributed by atoms with Gasteiger partial charge in [-0.25, -0.2) is 4.98 Å².